The lowest BCUT2D eigenvalue weighted by Gasteiger charge is -2.31. The first kappa shape index (κ1) is 11.1. The van der Waals surface area contributed by atoms with Crippen LogP contribution in [0.25, 0.3) is 0 Å². The van der Waals surface area contributed by atoms with Crippen LogP contribution in [0.3, 0.4) is 0 Å². The van der Waals surface area contributed by atoms with Gasteiger partial charge in [-0.1, -0.05) is 12.1 Å². The molecule has 0 saturated carbocycles. The molecule has 1 fully saturated rings. The Morgan fingerprint density at radius 2 is 2.47 bits per heavy atom. The summed E-state index contributed by atoms with van der Waals surface area (Å²) in [5.41, 5.74) is 0. The lowest BCUT2D eigenvalue weighted by atomic mass is 9.94. The first-order valence-electron chi connectivity index (χ1n) is 5.48. The van der Waals surface area contributed by atoms with Gasteiger partial charge in [-0.05, 0) is 31.8 Å². The van der Waals surface area contributed by atoms with Crippen LogP contribution in [0.5, 0.6) is 0 Å². The van der Waals surface area contributed by atoms with Crippen LogP contribution in [-0.4, -0.2) is 34.7 Å². The molecule has 84 valence electrons. The molecule has 0 aromatic carbocycles. The van der Waals surface area contributed by atoms with E-state index in [9.17, 15) is 0 Å². The van der Waals surface area contributed by atoms with Gasteiger partial charge in [0.05, 0.1) is 0 Å². The van der Waals surface area contributed by atoms with Gasteiger partial charge < -0.3 is 9.42 Å². The summed E-state index contributed by atoms with van der Waals surface area (Å²) in [4.78, 5) is 7.15. The quantitative estimate of drug-likeness (QED) is 0.846. The van der Waals surface area contributed by atoms with Crippen LogP contribution in [0.15, 0.2) is 9.32 Å². The number of aromatic nitrogens is 2. The molecule has 1 aromatic heterocycles. The van der Waals surface area contributed by atoms with Crippen molar-refractivity contribution < 1.29 is 4.52 Å². The van der Waals surface area contributed by atoms with Gasteiger partial charge >= 0.3 is 0 Å². The van der Waals surface area contributed by atoms with Crippen molar-refractivity contribution in [2.75, 3.05) is 19.6 Å². The summed E-state index contributed by atoms with van der Waals surface area (Å²) >= 11 is 3.17. The Kier molecular flexibility index (Phi) is 3.75. The number of likely N-dealkylation sites (tertiary alicyclic amines) is 1. The van der Waals surface area contributed by atoms with Gasteiger partial charge in [-0.15, -0.1) is 0 Å². The minimum Gasteiger partial charge on any atom is -0.327 e. The summed E-state index contributed by atoms with van der Waals surface area (Å²) < 4.78 is 4.90. The molecule has 1 aliphatic heterocycles. The van der Waals surface area contributed by atoms with Crippen molar-refractivity contribution >= 4 is 15.9 Å². The number of piperidine rings is 1. The third kappa shape index (κ3) is 3.01. The highest BCUT2D eigenvalue weighted by Gasteiger charge is 2.20. The molecule has 1 unspecified atom stereocenters. The molecule has 15 heavy (non-hydrogen) atoms. The van der Waals surface area contributed by atoms with E-state index in [4.69, 9.17) is 4.52 Å². The molecule has 4 nitrogen and oxygen atoms in total. The Labute approximate surface area is 98.2 Å². The van der Waals surface area contributed by atoms with Crippen molar-refractivity contribution in [3.8, 4) is 0 Å². The summed E-state index contributed by atoms with van der Waals surface area (Å²) in [5.74, 6) is 1.51. The molecule has 5 heteroatoms. The van der Waals surface area contributed by atoms with Crippen LogP contribution in [0, 0.1) is 5.92 Å². The number of halogens is 1. The standard InChI is InChI=1S/C10H16BrN3O/c1-2-14-5-3-4-8(7-14)6-9-12-10(11)15-13-9/h8H,2-7H2,1H3. The highest BCUT2D eigenvalue weighted by atomic mass is 79.9. The monoisotopic (exact) mass is 273 g/mol. The van der Waals surface area contributed by atoms with Gasteiger partial charge in [0.1, 0.15) is 0 Å². The largest absolute Gasteiger partial charge is 0.327 e. The van der Waals surface area contributed by atoms with Crippen molar-refractivity contribution in [1.82, 2.24) is 15.0 Å². The van der Waals surface area contributed by atoms with Gasteiger partial charge in [-0.3, -0.25) is 0 Å². The Morgan fingerprint density at radius 3 is 3.13 bits per heavy atom. The average molecular weight is 274 g/mol. The van der Waals surface area contributed by atoms with Crippen LogP contribution < -0.4 is 0 Å². The highest BCUT2D eigenvalue weighted by Crippen LogP contribution is 2.20. The van der Waals surface area contributed by atoms with E-state index in [1.807, 2.05) is 0 Å². The summed E-state index contributed by atoms with van der Waals surface area (Å²) in [6.07, 6.45) is 3.51. The van der Waals surface area contributed by atoms with Gasteiger partial charge in [0.2, 0.25) is 0 Å². The molecule has 2 heterocycles. The molecule has 0 bridgehead atoms. The Hall–Kier alpha value is -0.420. The van der Waals surface area contributed by atoms with E-state index < -0.39 is 0 Å². The summed E-state index contributed by atoms with van der Waals surface area (Å²) in [7, 11) is 0. The third-order valence-corrected chi connectivity index (χ3v) is 3.29. The molecule has 1 atom stereocenters. The van der Waals surface area contributed by atoms with Crippen LogP contribution >= 0.6 is 15.9 Å². The predicted octanol–water partition coefficient (Wildman–Crippen LogP) is 2.11. The zero-order chi connectivity index (χ0) is 10.7. The smallest absolute Gasteiger partial charge is 0.293 e. The van der Waals surface area contributed by atoms with E-state index in [2.05, 4.69) is 37.9 Å². The Morgan fingerprint density at radius 1 is 1.60 bits per heavy atom. The maximum atomic E-state index is 4.90. The van der Waals surface area contributed by atoms with Crippen LogP contribution in [0.4, 0.5) is 0 Å². The number of hydrogen-bond donors (Lipinski definition) is 0. The molecule has 0 amide bonds. The second kappa shape index (κ2) is 5.07. The van der Waals surface area contributed by atoms with Crippen molar-refractivity contribution in [3.63, 3.8) is 0 Å². The van der Waals surface area contributed by atoms with Crippen molar-refractivity contribution in [2.24, 2.45) is 5.92 Å². The lowest BCUT2D eigenvalue weighted by Crippen LogP contribution is -2.36. The van der Waals surface area contributed by atoms with Gasteiger partial charge in [0.15, 0.2) is 5.82 Å². The number of hydrogen-bond acceptors (Lipinski definition) is 4. The van der Waals surface area contributed by atoms with E-state index >= 15 is 0 Å². The summed E-state index contributed by atoms with van der Waals surface area (Å²) in [6, 6.07) is 0. The van der Waals surface area contributed by atoms with Crippen molar-refractivity contribution in [1.29, 1.82) is 0 Å². The van der Waals surface area contributed by atoms with E-state index in [1.165, 1.54) is 25.9 Å². The zero-order valence-corrected chi connectivity index (χ0v) is 10.5. The van der Waals surface area contributed by atoms with Gasteiger partial charge in [0, 0.05) is 28.9 Å². The molecule has 1 aliphatic rings. The molecule has 0 N–H and O–H groups in total. The fraction of sp³-hybridized carbons (Fsp3) is 0.800. The molecule has 0 spiro atoms. The maximum absolute atomic E-state index is 4.90. The SMILES string of the molecule is CCN1CCCC(Cc2noc(Br)n2)C1. The molecule has 2 rings (SSSR count). The predicted molar refractivity (Wildman–Crippen MR) is 60.5 cm³/mol. The zero-order valence-electron chi connectivity index (χ0n) is 8.95. The van der Waals surface area contributed by atoms with E-state index in [0.717, 1.165) is 18.8 Å². The molecular weight excluding hydrogens is 258 g/mol. The van der Waals surface area contributed by atoms with Crippen LogP contribution in [0.1, 0.15) is 25.6 Å². The highest BCUT2D eigenvalue weighted by molar-refractivity contribution is 9.10. The topological polar surface area (TPSA) is 42.2 Å². The average Bonchev–Trinajstić information content (AvgIpc) is 2.64. The Bertz CT molecular complexity index is 315. The number of nitrogens with zero attached hydrogens (tertiary/aromatic N) is 3. The van der Waals surface area contributed by atoms with E-state index in [1.54, 1.807) is 0 Å². The van der Waals surface area contributed by atoms with E-state index in [-0.39, 0.29) is 0 Å². The van der Waals surface area contributed by atoms with Crippen molar-refractivity contribution in [3.05, 3.63) is 10.6 Å². The van der Waals surface area contributed by atoms with Crippen molar-refractivity contribution in [2.45, 2.75) is 26.2 Å². The summed E-state index contributed by atoms with van der Waals surface area (Å²) in [6.45, 7) is 5.77. The van der Waals surface area contributed by atoms with Gasteiger partial charge in [-0.25, -0.2) is 0 Å². The second-order valence-corrected chi connectivity index (χ2v) is 4.75. The van der Waals surface area contributed by atoms with E-state index in [0.29, 0.717) is 10.7 Å². The third-order valence-electron chi connectivity index (χ3n) is 2.96. The Balaban J connectivity index is 1.88. The molecule has 0 radical (unpaired) electrons. The normalized spacial score (nSPS) is 23.2. The molecule has 0 aliphatic carbocycles. The first-order chi connectivity index (χ1) is 7.28. The van der Waals surface area contributed by atoms with Gasteiger partial charge in [-0.2, -0.15) is 4.98 Å². The minimum absolute atomic E-state index is 0.487. The molecular formula is C10H16BrN3O. The lowest BCUT2D eigenvalue weighted by molar-refractivity contribution is 0.180. The van der Waals surface area contributed by atoms with Gasteiger partial charge in [0.25, 0.3) is 4.80 Å². The fourth-order valence-electron chi connectivity index (χ4n) is 2.18. The summed E-state index contributed by atoms with van der Waals surface area (Å²) in [5, 5.41) is 3.91. The van der Waals surface area contributed by atoms with Crippen LogP contribution in [0.2, 0.25) is 0 Å². The second-order valence-electron chi connectivity index (χ2n) is 4.07. The number of rotatable bonds is 3. The maximum Gasteiger partial charge on any atom is 0.293 e. The molecule has 1 saturated heterocycles. The first-order valence-corrected chi connectivity index (χ1v) is 6.27. The molecule has 1 aromatic rings. The fourth-order valence-corrected chi connectivity index (χ4v) is 2.46. The minimum atomic E-state index is 0.487. The van der Waals surface area contributed by atoms with Crippen LogP contribution in [-0.2, 0) is 6.42 Å².